The fourth-order valence-electron chi connectivity index (χ4n) is 5.06. The highest BCUT2D eigenvalue weighted by atomic mass is 35.5. The number of hydrogen-bond acceptors (Lipinski definition) is 9. The number of nitrogens with zero attached hydrogens (tertiary/aromatic N) is 7. The van der Waals surface area contributed by atoms with Crippen LogP contribution < -0.4 is 15.0 Å². The number of benzene rings is 1. The SMILES string of the molecule is Cn1ccc(Oc2cc(F)c(Nc3ncnc4ccc(N5C[C@@H]6C[C@H]5CN6C(=O)OC(C)(C)C)nc34)cc2Cl)n1. The lowest BCUT2D eigenvalue weighted by Gasteiger charge is -2.35. The monoisotopic (exact) mass is 566 g/mol. The van der Waals surface area contributed by atoms with Crippen molar-refractivity contribution in [3.8, 4) is 11.6 Å². The van der Waals surface area contributed by atoms with E-state index in [1.165, 1.54) is 18.5 Å². The Bertz CT molecular complexity index is 1610. The lowest BCUT2D eigenvalue weighted by molar-refractivity contribution is 0.0214. The number of aryl methyl sites for hydroxylation is 1. The molecule has 2 atom stereocenters. The minimum absolute atomic E-state index is 0.0463. The zero-order valence-electron chi connectivity index (χ0n) is 22.4. The largest absolute Gasteiger partial charge is 0.444 e. The number of anilines is 3. The summed E-state index contributed by atoms with van der Waals surface area (Å²) in [5.41, 5.74) is 0.649. The van der Waals surface area contributed by atoms with Gasteiger partial charge in [0, 0.05) is 38.5 Å². The minimum atomic E-state index is -0.586. The van der Waals surface area contributed by atoms with E-state index in [1.54, 1.807) is 28.9 Å². The van der Waals surface area contributed by atoms with Crippen molar-refractivity contribution in [2.45, 2.75) is 44.9 Å². The first-order chi connectivity index (χ1) is 19.0. The smallest absolute Gasteiger partial charge is 0.410 e. The van der Waals surface area contributed by atoms with Gasteiger partial charge in [-0.1, -0.05) is 11.6 Å². The topological polar surface area (TPSA) is 111 Å². The number of piperazine rings is 1. The zero-order valence-corrected chi connectivity index (χ0v) is 23.2. The highest BCUT2D eigenvalue weighted by Gasteiger charge is 2.47. The summed E-state index contributed by atoms with van der Waals surface area (Å²) in [6.45, 7) is 6.79. The number of carbonyl (C=O) groups is 1. The van der Waals surface area contributed by atoms with E-state index in [4.69, 9.17) is 26.1 Å². The highest BCUT2D eigenvalue weighted by molar-refractivity contribution is 6.32. The molecular weight excluding hydrogens is 539 g/mol. The summed E-state index contributed by atoms with van der Waals surface area (Å²) >= 11 is 6.40. The van der Waals surface area contributed by atoms with Crippen LogP contribution in [0.25, 0.3) is 11.0 Å². The Morgan fingerprint density at radius 3 is 2.67 bits per heavy atom. The van der Waals surface area contributed by atoms with Crippen LogP contribution in [-0.4, -0.2) is 66.5 Å². The number of amides is 1. The van der Waals surface area contributed by atoms with E-state index >= 15 is 4.39 Å². The van der Waals surface area contributed by atoms with Gasteiger partial charge in [0.25, 0.3) is 0 Å². The maximum absolute atomic E-state index is 15.1. The summed E-state index contributed by atoms with van der Waals surface area (Å²) in [5, 5.41) is 7.33. The van der Waals surface area contributed by atoms with E-state index in [0.29, 0.717) is 35.8 Å². The summed E-state index contributed by atoms with van der Waals surface area (Å²) in [6.07, 6.45) is 3.65. The van der Waals surface area contributed by atoms with Crippen LogP contribution in [0.2, 0.25) is 5.02 Å². The van der Waals surface area contributed by atoms with Crippen LogP contribution in [0, 0.1) is 5.82 Å². The molecule has 0 unspecified atom stereocenters. The van der Waals surface area contributed by atoms with Crippen LogP contribution in [0.4, 0.5) is 26.5 Å². The summed E-state index contributed by atoms with van der Waals surface area (Å²) < 4.78 is 27.9. The average molecular weight is 567 g/mol. The predicted octanol–water partition coefficient (Wildman–Crippen LogP) is 5.28. The first-order valence-electron chi connectivity index (χ1n) is 12.9. The van der Waals surface area contributed by atoms with E-state index in [1.807, 2.05) is 32.9 Å². The molecule has 11 nitrogen and oxygen atoms in total. The molecule has 208 valence electrons. The van der Waals surface area contributed by atoms with Gasteiger partial charge in [0.2, 0.25) is 5.88 Å². The Kier molecular flexibility index (Phi) is 6.37. The van der Waals surface area contributed by atoms with Crippen molar-refractivity contribution in [2.75, 3.05) is 23.3 Å². The summed E-state index contributed by atoms with van der Waals surface area (Å²) in [6, 6.07) is 8.19. The quantitative estimate of drug-likeness (QED) is 0.345. The second-order valence-electron chi connectivity index (χ2n) is 10.9. The average Bonchev–Trinajstić information content (AvgIpc) is 3.62. The van der Waals surface area contributed by atoms with Crippen molar-refractivity contribution in [1.29, 1.82) is 0 Å². The third kappa shape index (κ3) is 5.06. The zero-order chi connectivity index (χ0) is 28.2. The number of pyridine rings is 1. The van der Waals surface area contributed by atoms with Crippen molar-refractivity contribution in [3.63, 3.8) is 0 Å². The summed E-state index contributed by atoms with van der Waals surface area (Å²) in [5.74, 6) is 0.922. The number of likely N-dealkylation sites (tertiary alicyclic amines) is 1. The van der Waals surface area contributed by atoms with Gasteiger partial charge in [0.1, 0.15) is 29.1 Å². The lowest BCUT2D eigenvalue weighted by atomic mass is 10.2. The van der Waals surface area contributed by atoms with Gasteiger partial charge in [-0.25, -0.2) is 24.1 Å². The number of fused-ring (bicyclic) bond motifs is 3. The van der Waals surface area contributed by atoms with Crippen LogP contribution in [0.15, 0.2) is 42.9 Å². The molecule has 4 aromatic rings. The molecular formula is C27H28ClFN8O3. The normalized spacial score (nSPS) is 18.4. The molecule has 2 saturated heterocycles. The molecule has 2 bridgehead atoms. The van der Waals surface area contributed by atoms with E-state index in [9.17, 15) is 4.79 Å². The molecule has 1 N–H and O–H groups in total. The first kappa shape index (κ1) is 26.1. The van der Waals surface area contributed by atoms with E-state index in [-0.39, 0.29) is 34.6 Å². The fraction of sp³-hybridized carbons (Fsp3) is 0.370. The van der Waals surface area contributed by atoms with Gasteiger partial charge in [-0.2, -0.15) is 0 Å². The summed E-state index contributed by atoms with van der Waals surface area (Å²) in [7, 11) is 1.75. The van der Waals surface area contributed by atoms with E-state index < -0.39 is 11.4 Å². The second-order valence-corrected chi connectivity index (χ2v) is 11.3. The maximum atomic E-state index is 15.1. The maximum Gasteiger partial charge on any atom is 0.410 e. The number of halogens is 2. The van der Waals surface area contributed by atoms with Crippen molar-refractivity contribution in [2.24, 2.45) is 7.05 Å². The highest BCUT2D eigenvalue weighted by Crippen LogP contribution is 2.37. The summed E-state index contributed by atoms with van der Waals surface area (Å²) in [4.78, 5) is 30.1. The fourth-order valence-corrected chi connectivity index (χ4v) is 5.27. The van der Waals surface area contributed by atoms with Crippen LogP contribution in [-0.2, 0) is 11.8 Å². The first-order valence-corrected chi connectivity index (χ1v) is 13.2. The number of ether oxygens (including phenoxy) is 2. The Morgan fingerprint density at radius 2 is 1.98 bits per heavy atom. The van der Waals surface area contributed by atoms with Crippen LogP contribution in [0.5, 0.6) is 11.6 Å². The van der Waals surface area contributed by atoms with Crippen LogP contribution >= 0.6 is 11.6 Å². The van der Waals surface area contributed by atoms with Crippen molar-refractivity contribution in [1.82, 2.24) is 29.6 Å². The molecule has 2 aliphatic rings. The lowest BCUT2D eigenvalue weighted by Crippen LogP contribution is -2.50. The molecule has 0 radical (unpaired) electrons. The molecule has 1 aromatic carbocycles. The molecule has 1 amide bonds. The Hall–Kier alpha value is -4.19. The molecule has 0 aliphatic carbocycles. The molecule has 13 heteroatoms. The van der Waals surface area contributed by atoms with Gasteiger partial charge < -0.3 is 24.6 Å². The van der Waals surface area contributed by atoms with E-state index in [0.717, 1.165) is 12.2 Å². The Balaban J connectivity index is 1.22. The molecule has 2 aliphatic heterocycles. The van der Waals surface area contributed by atoms with Crippen LogP contribution in [0.1, 0.15) is 27.2 Å². The Morgan fingerprint density at radius 1 is 1.15 bits per heavy atom. The number of nitrogens with one attached hydrogen (secondary N) is 1. The van der Waals surface area contributed by atoms with Gasteiger partial charge in [-0.05, 0) is 45.4 Å². The third-order valence-corrected chi connectivity index (χ3v) is 7.10. The third-order valence-electron chi connectivity index (χ3n) is 6.81. The van der Waals surface area contributed by atoms with Crippen LogP contribution in [0.3, 0.4) is 0 Å². The Labute approximate surface area is 234 Å². The van der Waals surface area contributed by atoms with Gasteiger partial charge in [-0.3, -0.25) is 4.68 Å². The number of hydrogen-bond donors (Lipinski definition) is 1. The molecule has 0 spiro atoms. The number of carbonyl (C=O) groups excluding carboxylic acids is 1. The standard InChI is InChI=1S/C27H28ClFN8O3/c1-27(2,3)40-26(38)37-13-15-9-16(37)12-36(15)22-6-5-19-24(33-22)25(31-14-30-19)32-20-10-17(28)21(11-18(20)29)39-23-7-8-35(4)34-23/h5-8,10-11,14-16H,9,12-13H2,1-4H3,(H,30,31,32)/t15-,16-/m0/s1. The van der Waals surface area contributed by atoms with Gasteiger partial charge in [0.15, 0.2) is 11.6 Å². The van der Waals surface area contributed by atoms with E-state index in [2.05, 4.69) is 25.3 Å². The molecule has 5 heterocycles. The van der Waals surface area contributed by atoms with Gasteiger partial charge >= 0.3 is 6.09 Å². The minimum Gasteiger partial charge on any atom is -0.444 e. The van der Waals surface area contributed by atoms with Crippen molar-refractivity contribution in [3.05, 3.63) is 53.7 Å². The van der Waals surface area contributed by atoms with Crippen molar-refractivity contribution < 1.29 is 18.7 Å². The number of rotatable bonds is 5. The van der Waals surface area contributed by atoms with Crippen molar-refractivity contribution >= 4 is 46.1 Å². The molecule has 3 aromatic heterocycles. The number of aromatic nitrogens is 5. The molecule has 6 rings (SSSR count). The molecule has 2 fully saturated rings. The van der Waals surface area contributed by atoms with Gasteiger partial charge in [-0.15, -0.1) is 5.10 Å². The predicted molar refractivity (Wildman–Crippen MR) is 148 cm³/mol. The molecule has 0 saturated carbocycles. The van der Waals surface area contributed by atoms with Gasteiger partial charge in [0.05, 0.1) is 28.3 Å². The second kappa shape index (κ2) is 9.77. The molecule has 40 heavy (non-hydrogen) atoms.